The second kappa shape index (κ2) is 7.20. The van der Waals surface area contributed by atoms with Crippen LogP contribution in [-0.4, -0.2) is 35.6 Å². The predicted octanol–water partition coefficient (Wildman–Crippen LogP) is 2.67. The van der Waals surface area contributed by atoms with E-state index in [1.807, 2.05) is 25.7 Å². The number of carbonyl (C=O) groups is 2. The van der Waals surface area contributed by atoms with Gasteiger partial charge in [-0.25, -0.2) is 4.79 Å². The van der Waals surface area contributed by atoms with Gasteiger partial charge in [-0.3, -0.25) is 4.79 Å². The smallest absolute Gasteiger partial charge is 0.405 e. The van der Waals surface area contributed by atoms with E-state index in [9.17, 15) is 9.59 Å². The molecule has 6 heteroatoms. The number of nitrogens with zero attached hydrogens (tertiary/aromatic N) is 2. The predicted molar refractivity (Wildman–Crippen MR) is 87.2 cm³/mol. The van der Waals surface area contributed by atoms with Crippen molar-refractivity contribution < 1.29 is 14.3 Å². The molecule has 2 N–H and O–H groups in total. The molecule has 1 aliphatic heterocycles. The molecule has 1 aliphatic rings. The summed E-state index contributed by atoms with van der Waals surface area (Å²) in [5, 5.41) is 8.98. The van der Waals surface area contributed by atoms with Crippen molar-refractivity contribution in [2.45, 2.75) is 59.5 Å². The molecule has 0 radical (unpaired) electrons. The number of carbonyl (C=O) groups excluding carboxylic acids is 2. The summed E-state index contributed by atoms with van der Waals surface area (Å²) in [6.07, 6.45) is 1.03. The van der Waals surface area contributed by atoms with E-state index in [-0.39, 0.29) is 23.2 Å². The summed E-state index contributed by atoms with van der Waals surface area (Å²) in [4.78, 5) is 25.9. The number of ether oxygens (including phenoxy) is 1. The van der Waals surface area contributed by atoms with Gasteiger partial charge in [-0.1, -0.05) is 20.8 Å². The van der Waals surface area contributed by atoms with E-state index < -0.39 is 11.7 Å². The Balaban J connectivity index is 2.85. The molecule has 23 heavy (non-hydrogen) atoms. The van der Waals surface area contributed by atoms with Gasteiger partial charge in [0.05, 0.1) is 6.07 Å². The number of primary amides is 1. The Morgan fingerprint density at radius 1 is 1.26 bits per heavy atom. The maximum Gasteiger partial charge on any atom is 0.405 e. The van der Waals surface area contributed by atoms with Crippen molar-refractivity contribution in [2.75, 3.05) is 13.1 Å². The number of amides is 2. The highest BCUT2D eigenvalue weighted by Crippen LogP contribution is 2.36. The molecule has 1 unspecified atom stereocenters. The Kier molecular flexibility index (Phi) is 6.04. The van der Waals surface area contributed by atoms with Gasteiger partial charge in [0, 0.05) is 24.9 Å². The lowest BCUT2D eigenvalue weighted by molar-refractivity contribution is -0.143. The maximum atomic E-state index is 13.0. The molecule has 1 rings (SSSR count). The van der Waals surface area contributed by atoms with Crippen LogP contribution in [0.5, 0.6) is 0 Å². The van der Waals surface area contributed by atoms with Gasteiger partial charge in [-0.2, -0.15) is 5.26 Å². The van der Waals surface area contributed by atoms with Crippen LogP contribution >= 0.6 is 0 Å². The van der Waals surface area contributed by atoms with E-state index in [2.05, 4.69) is 6.07 Å². The van der Waals surface area contributed by atoms with Gasteiger partial charge >= 0.3 is 6.09 Å². The largest absolute Gasteiger partial charge is 0.444 e. The summed E-state index contributed by atoms with van der Waals surface area (Å²) in [6.45, 7) is 10.8. The van der Waals surface area contributed by atoms with E-state index in [4.69, 9.17) is 15.7 Å². The zero-order valence-corrected chi connectivity index (χ0v) is 14.9. The molecule has 1 fully saturated rings. The molecule has 6 nitrogen and oxygen atoms in total. The molecule has 1 heterocycles. The Morgan fingerprint density at radius 3 is 2.17 bits per heavy atom. The van der Waals surface area contributed by atoms with Crippen molar-refractivity contribution in [3.05, 3.63) is 0 Å². The first-order valence-corrected chi connectivity index (χ1v) is 8.13. The van der Waals surface area contributed by atoms with Crippen molar-refractivity contribution in [1.29, 1.82) is 5.26 Å². The van der Waals surface area contributed by atoms with E-state index in [0.717, 1.165) is 12.8 Å². The first-order valence-electron chi connectivity index (χ1n) is 8.13. The third-order valence-corrected chi connectivity index (χ3v) is 4.41. The second-order valence-electron chi connectivity index (χ2n) is 8.03. The minimum Gasteiger partial charge on any atom is -0.444 e. The van der Waals surface area contributed by atoms with Crippen molar-refractivity contribution in [1.82, 2.24) is 4.90 Å². The van der Waals surface area contributed by atoms with Crippen LogP contribution < -0.4 is 5.73 Å². The summed E-state index contributed by atoms with van der Waals surface area (Å²) in [7, 11) is 0. The summed E-state index contributed by atoms with van der Waals surface area (Å²) in [6, 6.07) is 2.27. The molecule has 130 valence electrons. The number of rotatable bonds is 4. The van der Waals surface area contributed by atoms with Gasteiger partial charge in [-0.05, 0) is 38.5 Å². The van der Waals surface area contributed by atoms with Gasteiger partial charge < -0.3 is 15.4 Å². The number of nitriles is 1. The third kappa shape index (κ3) is 5.74. The van der Waals surface area contributed by atoms with Crippen LogP contribution in [0.25, 0.3) is 0 Å². The normalized spacial score (nSPS) is 18.2. The Hall–Kier alpha value is -1.77. The Morgan fingerprint density at radius 2 is 1.78 bits per heavy atom. The van der Waals surface area contributed by atoms with Crippen molar-refractivity contribution in [3.8, 4) is 6.07 Å². The molecule has 0 saturated carbocycles. The topological polar surface area (TPSA) is 96.4 Å². The van der Waals surface area contributed by atoms with Crippen LogP contribution in [0.3, 0.4) is 0 Å². The maximum absolute atomic E-state index is 13.0. The number of nitrogens with two attached hydrogens (primary N) is 1. The molecule has 0 aromatic rings. The monoisotopic (exact) mass is 323 g/mol. The highest BCUT2D eigenvalue weighted by atomic mass is 16.6. The standard InChI is InChI=1S/C17H29N3O3/c1-16(2,3)13(10-17(4,5)23-15(19)22)14(21)20-8-6-12(11-18)7-9-20/h12-13H,6-10H2,1-5H3,(H2,19,22). The Bertz CT molecular complexity index is 480. The lowest BCUT2D eigenvalue weighted by atomic mass is 9.74. The van der Waals surface area contributed by atoms with Gasteiger partial charge in [0.15, 0.2) is 0 Å². The first kappa shape index (κ1) is 19.3. The summed E-state index contributed by atoms with van der Waals surface area (Å²) >= 11 is 0. The fraction of sp³-hybridized carbons (Fsp3) is 0.824. The van der Waals surface area contributed by atoms with Crippen LogP contribution in [0, 0.1) is 28.6 Å². The van der Waals surface area contributed by atoms with E-state index in [1.54, 1.807) is 13.8 Å². The molecule has 1 atom stereocenters. The van der Waals surface area contributed by atoms with Gasteiger partial charge in [-0.15, -0.1) is 0 Å². The zero-order chi connectivity index (χ0) is 17.8. The second-order valence-corrected chi connectivity index (χ2v) is 8.03. The van der Waals surface area contributed by atoms with Crippen LogP contribution in [0.15, 0.2) is 0 Å². The average Bonchev–Trinajstić information content (AvgIpc) is 2.42. The van der Waals surface area contributed by atoms with Gasteiger partial charge in [0.25, 0.3) is 0 Å². The van der Waals surface area contributed by atoms with Gasteiger partial charge in [0.1, 0.15) is 5.60 Å². The number of piperidine rings is 1. The van der Waals surface area contributed by atoms with Crippen molar-refractivity contribution >= 4 is 12.0 Å². The number of likely N-dealkylation sites (tertiary alicyclic amines) is 1. The lowest BCUT2D eigenvalue weighted by Crippen LogP contribution is -2.48. The minimum atomic E-state index is -0.829. The fourth-order valence-corrected chi connectivity index (χ4v) is 3.02. The van der Waals surface area contributed by atoms with Crippen LogP contribution in [0.2, 0.25) is 0 Å². The minimum absolute atomic E-state index is 0.0433. The highest BCUT2D eigenvalue weighted by Gasteiger charge is 2.40. The molecule has 0 aliphatic carbocycles. The molecule has 0 spiro atoms. The number of hydrogen-bond donors (Lipinski definition) is 1. The summed E-state index contributed by atoms with van der Waals surface area (Å²) in [5.41, 5.74) is 4.06. The molecular formula is C17H29N3O3. The van der Waals surface area contributed by atoms with Crippen LogP contribution in [0.4, 0.5) is 4.79 Å². The lowest BCUT2D eigenvalue weighted by Gasteiger charge is -2.40. The molecular weight excluding hydrogens is 294 g/mol. The molecule has 2 amide bonds. The molecule has 0 bridgehead atoms. The van der Waals surface area contributed by atoms with Crippen molar-refractivity contribution in [2.24, 2.45) is 23.0 Å². The molecule has 1 saturated heterocycles. The average molecular weight is 323 g/mol. The van der Waals surface area contributed by atoms with E-state index in [0.29, 0.717) is 19.5 Å². The van der Waals surface area contributed by atoms with E-state index in [1.165, 1.54) is 0 Å². The summed E-state index contributed by atoms with van der Waals surface area (Å²) in [5.74, 6) is -0.174. The quantitative estimate of drug-likeness (QED) is 0.860. The molecule has 0 aromatic heterocycles. The zero-order valence-electron chi connectivity index (χ0n) is 14.9. The van der Waals surface area contributed by atoms with Crippen LogP contribution in [0.1, 0.15) is 53.9 Å². The van der Waals surface area contributed by atoms with Crippen molar-refractivity contribution in [3.63, 3.8) is 0 Å². The Labute approximate surface area is 139 Å². The molecule has 0 aromatic carbocycles. The van der Waals surface area contributed by atoms with E-state index >= 15 is 0 Å². The van der Waals surface area contributed by atoms with Gasteiger partial charge in [0.2, 0.25) is 5.91 Å². The van der Waals surface area contributed by atoms with Crippen LogP contribution in [-0.2, 0) is 9.53 Å². The fourth-order valence-electron chi connectivity index (χ4n) is 3.02. The highest BCUT2D eigenvalue weighted by molar-refractivity contribution is 5.80. The SMILES string of the molecule is CC(C)(CC(C(=O)N1CCC(C#N)CC1)C(C)(C)C)OC(N)=O. The third-order valence-electron chi connectivity index (χ3n) is 4.41. The summed E-state index contributed by atoms with van der Waals surface area (Å²) < 4.78 is 5.16. The first-order chi connectivity index (χ1) is 10.5. The number of hydrogen-bond acceptors (Lipinski definition) is 4.